The fraction of sp³-hybridized carbons (Fsp3) is 0.0952. The third kappa shape index (κ3) is 3.45. The van der Waals surface area contributed by atoms with E-state index in [-0.39, 0.29) is 5.56 Å². The van der Waals surface area contributed by atoms with E-state index in [1.165, 1.54) is 17.7 Å². The van der Waals surface area contributed by atoms with Crippen LogP contribution in [0.25, 0.3) is 21.3 Å². The van der Waals surface area contributed by atoms with Gasteiger partial charge in [-0.3, -0.25) is 15.0 Å². The first-order valence-corrected chi connectivity index (χ1v) is 9.49. The van der Waals surface area contributed by atoms with Gasteiger partial charge in [0.25, 0.3) is 11.5 Å². The number of hydrogen-bond donors (Lipinski definition) is 1. The molecule has 0 aliphatic heterocycles. The molecule has 2 heterocycles. The number of carbonyl (C=O) groups is 1. The van der Waals surface area contributed by atoms with E-state index in [4.69, 9.17) is 4.74 Å². The summed E-state index contributed by atoms with van der Waals surface area (Å²) < 4.78 is 6.23. The molecule has 1 amide bonds. The van der Waals surface area contributed by atoms with Crippen LogP contribution in [0.5, 0.6) is 0 Å². The number of hydrogen-bond acceptors (Lipinski definition) is 5. The van der Waals surface area contributed by atoms with Gasteiger partial charge in [-0.15, -0.1) is 11.3 Å². The molecule has 0 saturated carbocycles. The maximum Gasteiger partial charge on any atom is 0.281 e. The van der Waals surface area contributed by atoms with Gasteiger partial charge in [0.1, 0.15) is 11.2 Å². The van der Waals surface area contributed by atoms with Gasteiger partial charge in [0, 0.05) is 23.6 Å². The van der Waals surface area contributed by atoms with Crippen LogP contribution in [0.2, 0.25) is 0 Å². The summed E-state index contributed by atoms with van der Waals surface area (Å²) >= 11 is 1.40. The Hall–Kier alpha value is -3.29. The summed E-state index contributed by atoms with van der Waals surface area (Å²) in [6.07, 6.45) is 1.34. The van der Waals surface area contributed by atoms with Crippen LogP contribution in [0.1, 0.15) is 15.9 Å². The lowest BCUT2D eigenvalue weighted by molar-refractivity contribution is 0.101. The van der Waals surface area contributed by atoms with Crippen molar-refractivity contribution in [2.75, 3.05) is 12.5 Å². The van der Waals surface area contributed by atoms with Gasteiger partial charge >= 0.3 is 0 Å². The molecule has 140 valence electrons. The van der Waals surface area contributed by atoms with Crippen LogP contribution in [0.3, 0.4) is 0 Å². The Morgan fingerprint density at radius 1 is 1.18 bits per heavy atom. The second kappa shape index (κ2) is 7.75. The van der Waals surface area contributed by atoms with Gasteiger partial charge in [-0.1, -0.05) is 42.5 Å². The molecule has 0 fully saturated rings. The van der Waals surface area contributed by atoms with Gasteiger partial charge in [0.15, 0.2) is 0 Å². The van der Waals surface area contributed by atoms with E-state index in [1.54, 1.807) is 25.3 Å². The Bertz CT molecular complexity index is 1200. The summed E-state index contributed by atoms with van der Waals surface area (Å²) in [7, 11) is 1.60. The number of aromatic nitrogens is 2. The molecule has 0 spiro atoms. The summed E-state index contributed by atoms with van der Waals surface area (Å²) in [4.78, 5) is 30.6. The van der Waals surface area contributed by atoms with E-state index < -0.39 is 5.91 Å². The van der Waals surface area contributed by atoms with Crippen molar-refractivity contribution in [2.45, 2.75) is 6.61 Å². The number of thiophene rings is 1. The van der Waals surface area contributed by atoms with E-state index in [2.05, 4.69) is 10.4 Å². The predicted octanol–water partition coefficient (Wildman–Crippen LogP) is 3.66. The van der Waals surface area contributed by atoms with Crippen LogP contribution in [0.15, 0.2) is 71.1 Å². The Balaban J connectivity index is 1.70. The third-order valence-corrected chi connectivity index (χ3v) is 5.19. The molecule has 6 nitrogen and oxygen atoms in total. The van der Waals surface area contributed by atoms with Gasteiger partial charge in [-0.05, 0) is 23.3 Å². The van der Waals surface area contributed by atoms with Gasteiger partial charge in [0.2, 0.25) is 0 Å². The molecule has 28 heavy (non-hydrogen) atoms. The number of fused-ring (bicyclic) bond motifs is 1. The summed E-state index contributed by atoms with van der Waals surface area (Å²) in [5.74, 6) is -0.391. The van der Waals surface area contributed by atoms with E-state index in [0.717, 1.165) is 21.4 Å². The van der Waals surface area contributed by atoms with E-state index >= 15 is 0 Å². The van der Waals surface area contributed by atoms with Crippen molar-refractivity contribution in [3.8, 4) is 11.1 Å². The minimum Gasteiger partial charge on any atom is -0.380 e. The molecule has 2 aromatic heterocycles. The van der Waals surface area contributed by atoms with Gasteiger partial charge in [0.05, 0.1) is 12.0 Å². The normalized spacial score (nSPS) is 10.9. The first-order valence-electron chi connectivity index (χ1n) is 8.61. The zero-order chi connectivity index (χ0) is 19.5. The highest BCUT2D eigenvalue weighted by molar-refractivity contribution is 7.17. The van der Waals surface area contributed by atoms with E-state index in [0.29, 0.717) is 22.4 Å². The highest BCUT2D eigenvalue weighted by Gasteiger charge is 2.15. The Morgan fingerprint density at radius 3 is 2.79 bits per heavy atom. The van der Waals surface area contributed by atoms with E-state index in [1.807, 2.05) is 41.8 Å². The van der Waals surface area contributed by atoms with Crippen LogP contribution in [0.4, 0.5) is 0 Å². The molecule has 0 atom stereocenters. The lowest BCUT2D eigenvalue weighted by Crippen LogP contribution is -2.33. The highest BCUT2D eigenvalue weighted by Crippen LogP contribution is 2.30. The molecule has 0 aliphatic rings. The quantitative estimate of drug-likeness (QED) is 0.564. The van der Waals surface area contributed by atoms with Crippen LogP contribution in [-0.4, -0.2) is 22.7 Å². The standard InChI is InChI=1S/C21H17N3O3S/c1-27-11-14-6-5-9-16(10-14)19(25)23-24-13-22-20-18(21(24)26)17(12-28-20)15-7-3-2-4-8-15/h2-10,12-13H,11H2,1H3,(H,23,25). The highest BCUT2D eigenvalue weighted by atomic mass is 32.1. The smallest absolute Gasteiger partial charge is 0.281 e. The van der Waals surface area contributed by atoms with Crippen molar-refractivity contribution in [1.29, 1.82) is 0 Å². The topological polar surface area (TPSA) is 73.2 Å². The molecule has 7 heteroatoms. The van der Waals surface area contributed by atoms with Gasteiger partial charge in [-0.25, -0.2) is 9.66 Å². The SMILES string of the molecule is COCc1cccc(C(=O)Nn2cnc3scc(-c4ccccc4)c3c2=O)c1. The number of methoxy groups -OCH3 is 1. The summed E-state index contributed by atoms with van der Waals surface area (Å²) in [6.45, 7) is 0.407. The van der Waals surface area contributed by atoms with Gasteiger partial charge < -0.3 is 4.74 Å². The van der Waals surface area contributed by atoms with Crippen molar-refractivity contribution in [2.24, 2.45) is 0 Å². The molecular weight excluding hydrogens is 374 g/mol. The fourth-order valence-corrected chi connectivity index (χ4v) is 3.89. The number of nitrogens with one attached hydrogen (secondary N) is 1. The number of benzene rings is 2. The number of carbonyl (C=O) groups excluding carboxylic acids is 1. The first-order chi connectivity index (χ1) is 13.7. The van der Waals surface area contributed by atoms with Crippen molar-refractivity contribution in [3.05, 3.63) is 87.8 Å². The molecule has 0 unspecified atom stereocenters. The molecule has 2 aromatic carbocycles. The molecule has 4 rings (SSSR count). The molecule has 0 radical (unpaired) electrons. The average Bonchev–Trinajstić information content (AvgIpc) is 3.16. The van der Waals surface area contributed by atoms with Crippen molar-refractivity contribution >= 4 is 27.5 Å². The van der Waals surface area contributed by atoms with Crippen molar-refractivity contribution in [1.82, 2.24) is 9.66 Å². The van der Waals surface area contributed by atoms with Crippen LogP contribution in [-0.2, 0) is 11.3 Å². The fourth-order valence-electron chi connectivity index (χ4n) is 2.99. The number of amides is 1. The lowest BCUT2D eigenvalue weighted by Gasteiger charge is -2.09. The minimum atomic E-state index is -0.391. The predicted molar refractivity (Wildman–Crippen MR) is 110 cm³/mol. The van der Waals surface area contributed by atoms with Gasteiger partial charge in [-0.2, -0.15) is 0 Å². The largest absolute Gasteiger partial charge is 0.380 e. The Labute approximate surface area is 165 Å². The van der Waals surface area contributed by atoms with Crippen LogP contribution < -0.4 is 11.0 Å². The van der Waals surface area contributed by atoms with Crippen LogP contribution >= 0.6 is 11.3 Å². The van der Waals surface area contributed by atoms with E-state index in [9.17, 15) is 9.59 Å². The number of nitrogens with zero attached hydrogens (tertiary/aromatic N) is 2. The Kier molecular flexibility index (Phi) is 5.01. The number of rotatable bonds is 5. The van der Waals surface area contributed by atoms with Crippen molar-refractivity contribution in [3.63, 3.8) is 0 Å². The average molecular weight is 391 g/mol. The molecule has 0 saturated heterocycles. The minimum absolute atomic E-state index is 0.313. The summed E-state index contributed by atoms with van der Waals surface area (Å²) in [6, 6.07) is 16.7. The molecule has 1 N–H and O–H groups in total. The maximum absolute atomic E-state index is 13.0. The third-order valence-electron chi connectivity index (χ3n) is 4.30. The maximum atomic E-state index is 13.0. The lowest BCUT2D eigenvalue weighted by atomic mass is 10.1. The van der Waals surface area contributed by atoms with Crippen LogP contribution in [0, 0.1) is 0 Å². The number of ether oxygens (including phenoxy) is 1. The second-order valence-corrected chi connectivity index (χ2v) is 7.05. The summed E-state index contributed by atoms with van der Waals surface area (Å²) in [5, 5.41) is 2.40. The summed E-state index contributed by atoms with van der Waals surface area (Å²) in [5.41, 5.74) is 5.37. The first kappa shape index (κ1) is 18.1. The second-order valence-electron chi connectivity index (χ2n) is 6.19. The van der Waals surface area contributed by atoms with Crippen molar-refractivity contribution < 1.29 is 9.53 Å². The molecule has 0 bridgehead atoms. The molecule has 4 aromatic rings. The zero-order valence-electron chi connectivity index (χ0n) is 15.1. The monoisotopic (exact) mass is 391 g/mol. The Morgan fingerprint density at radius 2 is 2.00 bits per heavy atom. The molecular formula is C21H17N3O3S. The zero-order valence-corrected chi connectivity index (χ0v) is 15.9. The molecule has 0 aliphatic carbocycles.